The summed E-state index contributed by atoms with van der Waals surface area (Å²) in [6.45, 7) is 0. The number of rotatable bonds is 4. The highest BCUT2D eigenvalue weighted by atomic mass is 35.5. The molecule has 27 heavy (non-hydrogen) atoms. The molecular formula is C20H13Cl3N2O2. The van der Waals surface area contributed by atoms with E-state index in [4.69, 9.17) is 34.8 Å². The fraction of sp³-hybridized carbons (Fsp3) is 0. The van der Waals surface area contributed by atoms with Crippen molar-refractivity contribution in [2.75, 3.05) is 10.6 Å². The molecule has 0 fully saturated rings. The lowest BCUT2D eigenvalue weighted by molar-refractivity contribution is 0.101. The zero-order chi connectivity index (χ0) is 19.4. The molecule has 136 valence electrons. The summed E-state index contributed by atoms with van der Waals surface area (Å²) in [6.07, 6.45) is 0. The second kappa shape index (κ2) is 8.44. The molecule has 0 aliphatic rings. The van der Waals surface area contributed by atoms with Gasteiger partial charge in [0.05, 0.1) is 10.6 Å². The Morgan fingerprint density at radius 1 is 0.667 bits per heavy atom. The van der Waals surface area contributed by atoms with Gasteiger partial charge >= 0.3 is 0 Å². The van der Waals surface area contributed by atoms with Gasteiger partial charge in [0.25, 0.3) is 11.8 Å². The van der Waals surface area contributed by atoms with E-state index < -0.39 is 0 Å². The Morgan fingerprint density at radius 2 is 1.26 bits per heavy atom. The van der Waals surface area contributed by atoms with Crippen molar-refractivity contribution in [1.29, 1.82) is 0 Å². The Labute approximate surface area is 171 Å². The molecule has 0 saturated carbocycles. The maximum absolute atomic E-state index is 12.3. The van der Waals surface area contributed by atoms with Crippen LogP contribution < -0.4 is 10.6 Å². The monoisotopic (exact) mass is 418 g/mol. The second-order valence-corrected chi connectivity index (χ2v) is 6.90. The molecule has 3 aromatic carbocycles. The van der Waals surface area contributed by atoms with Crippen LogP contribution in [-0.4, -0.2) is 11.8 Å². The number of carbonyl (C=O) groups is 2. The summed E-state index contributed by atoms with van der Waals surface area (Å²) < 4.78 is 0. The van der Waals surface area contributed by atoms with Gasteiger partial charge in [-0.2, -0.15) is 0 Å². The van der Waals surface area contributed by atoms with Crippen LogP contribution in [0.2, 0.25) is 15.1 Å². The maximum atomic E-state index is 12.3. The number of amides is 2. The number of hydrogen-bond acceptors (Lipinski definition) is 2. The van der Waals surface area contributed by atoms with Crippen molar-refractivity contribution in [2.24, 2.45) is 0 Å². The lowest BCUT2D eigenvalue weighted by Gasteiger charge is -2.09. The molecule has 2 amide bonds. The minimum atomic E-state index is -0.377. The summed E-state index contributed by atoms with van der Waals surface area (Å²) in [6, 6.07) is 18.0. The summed E-state index contributed by atoms with van der Waals surface area (Å²) >= 11 is 17.8. The molecule has 0 radical (unpaired) electrons. The van der Waals surface area contributed by atoms with Crippen molar-refractivity contribution in [3.63, 3.8) is 0 Å². The van der Waals surface area contributed by atoms with Gasteiger partial charge in [0.1, 0.15) is 0 Å². The van der Waals surface area contributed by atoms with Crippen LogP contribution in [0, 0.1) is 0 Å². The molecule has 0 atom stereocenters. The molecule has 0 saturated heterocycles. The molecule has 0 aromatic heterocycles. The first kappa shape index (κ1) is 19.2. The van der Waals surface area contributed by atoms with Crippen LogP contribution in [0.3, 0.4) is 0 Å². The van der Waals surface area contributed by atoms with E-state index in [1.807, 2.05) is 0 Å². The van der Waals surface area contributed by atoms with E-state index in [0.29, 0.717) is 32.0 Å². The number of carbonyl (C=O) groups excluding carboxylic acids is 2. The van der Waals surface area contributed by atoms with Crippen molar-refractivity contribution in [1.82, 2.24) is 0 Å². The van der Waals surface area contributed by atoms with E-state index in [9.17, 15) is 9.59 Å². The normalized spacial score (nSPS) is 10.3. The number of halogens is 3. The number of benzene rings is 3. The SMILES string of the molecule is O=C(Nc1ccc(NC(=O)c2cc(Cl)ccc2Cl)cc1)c1cccc(Cl)c1. The standard InChI is InChI=1S/C20H13Cl3N2O2/c21-13-3-1-2-12(10-13)19(26)24-15-5-7-16(8-6-15)25-20(27)17-11-14(22)4-9-18(17)23/h1-11H,(H,24,26)(H,25,27). The van der Waals surface area contributed by atoms with Crippen molar-refractivity contribution < 1.29 is 9.59 Å². The van der Waals surface area contributed by atoms with Crippen LogP contribution in [0.15, 0.2) is 66.7 Å². The minimum Gasteiger partial charge on any atom is -0.322 e. The van der Waals surface area contributed by atoms with Gasteiger partial charge < -0.3 is 10.6 Å². The van der Waals surface area contributed by atoms with Gasteiger partial charge in [-0.15, -0.1) is 0 Å². The van der Waals surface area contributed by atoms with Gasteiger partial charge in [-0.3, -0.25) is 9.59 Å². The fourth-order valence-electron chi connectivity index (χ4n) is 2.34. The molecule has 0 heterocycles. The molecule has 0 unspecified atom stereocenters. The summed E-state index contributed by atoms with van der Waals surface area (Å²) in [4.78, 5) is 24.5. The van der Waals surface area contributed by atoms with Gasteiger partial charge in [0, 0.05) is 27.0 Å². The van der Waals surface area contributed by atoms with Crippen molar-refractivity contribution >= 4 is 58.0 Å². The van der Waals surface area contributed by atoms with Crippen LogP contribution in [0.1, 0.15) is 20.7 Å². The smallest absolute Gasteiger partial charge is 0.257 e. The lowest BCUT2D eigenvalue weighted by Crippen LogP contribution is -2.13. The number of hydrogen-bond donors (Lipinski definition) is 2. The number of nitrogens with one attached hydrogen (secondary N) is 2. The molecule has 0 aliphatic carbocycles. The molecular weight excluding hydrogens is 407 g/mol. The molecule has 3 aromatic rings. The summed E-state index contributed by atoms with van der Waals surface area (Å²) in [5, 5.41) is 6.71. The topological polar surface area (TPSA) is 58.2 Å². The summed E-state index contributed by atoms with van der Waals surface area (Å²) in [7, 11) is 0. The summed E-state index contributed by atoms with van der Waals surface area (Å²) in [5.74, 6) is -0.654. The van der Waals surface area contributed by atoms with Crippen LogP contribution >= 0.6 is 34.8 Å². The average Bonchev–Trinajstić information content (AvgIpc) is 2.65. The Bertz CT molecular complexity index is 1000. The lowest BCUT2D eigenvalue weighted by atomic mass is 10.2. The first-order valence-corrected chi connectivity index (χ1v) is 8.99. The Balaban J connectivity index is 1.67. The fourth-order valence-corrected chi connectivity index (χ4v) is 2.91. The second-order valence-electron chi connectivity index (χ2n) is 5.62. The largest absolute Gasteiger partial charge is 0.322 e. The third-order valence-corrected chi connectivity index (χ3v) is 4.46. The van der Waals surface area contributed by atoms with Crippen LogP contribution in [0.25, 0.3) is 0 Å². The van der Waals surface area contributed by atoms with Crippen LogP contribution in [-0.2, 0) is 0 Å². The summed E-state index contributed by atoms with van der Waals surface area (Å²) in [5.41, 5.74) is 1.87. The Morgan fingerprint density at radius 3 is 1.89 bits per heavy atom. The molecule has 4 nitrogen and oxygen atoms in total. The van der Waals surface area contributed by atoms with E-state index in [1.54, 1.807) is 60.7 Å². The minimum absolute atomic E-state index is 0.278. The van der Waals surface area contributed by atoms with Gasteiger partial charge in [-0.05, 0) is 60.7 Å². The zero-order valence-corrected chi connectivity index (χ0v) is 16.1. The molecule has 2 N–H and O–H groups in total. The quantitative estimate of drug-likeness (QED) is 0.533. The average molecular weight is 420 g/mol. The van der Waals surface area contributed by atoms with E-state index >= 15 is 0 Å². The Hall–Kier alpha value is -2.53. The van der Waals surface area contributed by atoms with E-state index in [1.165, 1.54) is 6.07 Å². The molecule has 0 spiro atoms. The van der Waals surface area contributed by atoms with Crippen LogP contribution in [0.5, 0.6) is 0 Å². The van der Waals surface area contributed by atoms with Crippen molar-refractivity contribution in [3.8, 4) is 0 Å². The molecule has 0 aliphatic heterocycles. The predicted molar refractivity (Wildman–Crippen MR) is 110 cm³/mol. The third kappa shape index (κ3) is 5.01. The van der Waals surface area contributed by atoms with Gasteiger partial charge in [-0.25, -0.2) is 0 Å². The highest BCUT2D eigenvalue weighted by molar-refractivity contribution is 6.36. The van der Waals surface area contributed by atoms with Gasteiger partial charge in [0.15, 0.2) is 0 Å². The number of anilines is 2. The first-order valence-electron chi connectivity index (χ1n) is 7.86. The van der Waals surface area contributed by atoms with E-state index in [2.05, 4.69) is 10.6 Å². The van der Waals surface area contributed by atoms with E-state index in [0.717, 1.165) is 0 Å². The van der Waals surface area contributed by atoms with Crippen molar-refractivity contribution in [3.05, 3.63) is 92.9 Å². The maximum Gasteiger partial charge on any atom is 0.257 e. The van der Waals surface area contributed by atoms with Crippen LogP contribution in [0.4, 0.5) is 11.4 Å². The molecule has 7 heteroatoms. The first-order chi connectivity index (χ1) is 12.9. The van der Waals surface area contributed by atoms with E-state index in [-0.39, 0.29) is 17.4 Å². The molecule has 3 rings (SSSR count). The van der Waals surface area contributed by atoms with Crippen molar-refractivity contribution in [2.45, 2.75) is 0 Å². The third-order valence-electron chi connectivity index (χ3n) is 3.66. The van der Waals surface area contributed by atoms with Gasteiger partial charge in [0.2, 0.25) is 0 Å². The van der Waals surface area contributed by atoms with Gasteiger partial charge in [-0.1, -0.05) is 40.9 Å². The predicted octanol–water partition coefficient (Wildman–Crippen LogP) is 6.15. The highest BCUT2D eigenvalue weighted by Gasteiger charge is 2.12. The highest BCUT2D eigenvalue weighted by Crippen LogP contribution is 2.22. The molecule has 0 bridgehead atoms. The Kier molecular flexibility index (Phi) is 6.01. The zero-order valence-electron chi connectivity index (χ0n) is 13.8.